The van der Waals surface area contributed by atoms with Gasteiger partial charge in [-0.25, -0.2) is 0 Å². The Bertz CT molecular complexity index is 180. The Morgan fingerprint density at radius 1 is 1.27 bits per heavy atom. The van der Waals surface area contributed by atoms with E-state index in [0.29, 0.717) is 18.3 Å². The summed E-state index contributed by atoms with van der Waals surface area (Å²) in [5.41, 5.74) is 0. The van der Waals surface area contributed by atoms with Crippen LogP contribution in [0.4, 0.5) is 0 Å². The Morgan fingerprint density at radius 3 is 2.33 bits per heavy atom. The molecule has 0 aromatic rings. The summed E-state index contributed by atoms with van der Waals surface area (Å²) in [4.78, 5) is 13.2. The first kappa shape index (κ1) is 14.4. The van der Waals surface area contributed by atoms with Gasteiger partial charge < -0.3 is 9.64 Å². The highest BCUT2D eigenvalue weighted by molar-refractivity contribution is 5.69. The molecule has 0 heterocycles. The van der Waals surface area contributed by atoms with Crippen LogP contribution in [0.15, 0.2) is 0 Å². The Labute approximate surface area is 93.8 Å². The van der Waals surface area contributed by atoms with Gasteiger partial charge in [-0.15, -0.1) is 0 Å². The summed E-state index contributed by atoms with van der Waals surface area (Å²) in [5.74, 6) is 1.19. The van der Waals surface area contributed by atoms with Crippen molar-refractivity contribution < 1.29 is 9.53 Å². The van der Waals surface area contributed by atoms with Crippen molar-refractivity contribution in [3.63, 3.8) is 0 Å². The molecule has 0 aromatic carbocycles. The molecule has 3 heteroatoms. The minimum absolute atomic E-state index is 0.0953. The molecule has 0 N–H and O–H groups in total. The van der Waals surface area contributed by atoms with Crippen LogP contribution in [0.3, 0.4) is 0 Å². The molecule has 3 nitrogen and oxygen atoms in total. The third-order valence-electron chi connectivity index (χ3n) is 2.55. The molecule has 2 atom stereocenters. The second-order valence-electron chi connectivity index (χ2n) is 4.82. The highest BCUT2D eigenvalue weighted by Gasteiger charge is 2.11. The van der Waals surface area contributed by atoms with Crippen molar-refractivity contribution in [1.82, 2.24) is 4.90 Å². The first-order valence-corrected chi connectivity index (χ1v) is 5.67. The van der Waals surface area contributed by atoms with Crippen molar-refractivity contribution in [2.24, 2.45) is 11.8 Å². The second kappa shape index (κ2) is 7.69. The van der Waals surface area contributed by atoms with Gasteiger partial charge >= 0.3 is 5.97 Å². The summed E-state index contributed by atoms with van der Waals surface area (Å²) in [6, 6.07) is 0. The largest absolute Gasteiger partial charge is 0.469 e. The summed E-state index contributed by atoms with van der Waals surface area (Å²) in [6.07, 6.45) is 2.66. The van der Waals surface area contributed by atoms with Gasteiger partial charge in [-0.1, -0.05) is 13.8 Å². The number of carbonyl (C=O) groups excluding carboxylic acids is 1. The predicted octanol–water partition coefficient (Wildman–Crippen LogP) is 2.16. The lowest BCUT2D eigenvalue weighted by Crippen LogP contribution is -2.21. The molecule has 15 heavy (non-hydrogen) atoms. The van der Waals surface area contributed by atoms with Gasteiger partial charge in [-0.05, 0) is 38.8 Å². The molecule has 0 fully saturated rings. The van der Waals surface area contributed by atoms with Crippen LogP contribution in [0, 0.1) is 11.8 Å². The van der Waals surface area contributed by atoms with Crippen LogP contribution in [0.25, 0.3) is 0 Å². The number of hydrogen-bond donors (Lipinski definition) is 0. The maximum Gasteiger partial charge on any atom is 0.305 e. The van der Waals surface area contributed by atoms with Gasteiger partial charge in [0.25, 0.3) is 0 Å². The SMILES string of the molecule is COC(=O)CCC(C)CC(C)CN(C)C. The summed E-state index contributed by atoms with van der Waals surface area (Å²) in [5, 5.41) is 0. The summed E-state index contributed by atoms with van der Waals surface area (Å²) in [7, 11) is 5.63. The van der Waals surface area contributed by atoms with Gasteiger partial charge in [-0.3, -0.25) is 4.79 Å². The zero-order valence-corrected chi connectivity index (χ0v) is 10.7. The topological polar surface area (TPSA) is 29.5 Å². The summed E-state index contributed by atoms with van der Waals surface area (Å²) < 4.78 is 4.62. The first-order chi connectivity index (χ1) is 6.95. The number of carbonyl (C=O) groups is 1. The average molecular weight is 215 g/mol. The van der Waals surface area contributed by atoms with Gasteiger partial charge in [-0.2, -0.15) is 0 Å². The van der Waals surface area contributed by atoms with Gasteiger partial charge in [0.05, 0.1) is 7.11 Å². The fraction of sp³-hybridized carbons (Fsp3) is 0.917. The highest BCUT2D eigenvalue weighted by Crippen LogP contribution is 2.17. The van der Waals surface area contributed by atoms with Gasteiger partial charge in [0.1, 0.15) is 0 Å². The normalized spacial score (nSPS) is 15.1. The fourth-order valence-electron chi connectivity index (χ4n) is 1.97. The third kappa shape index (κ3) is 8.43. The molecular formula is C12H25NO2. The van der Waals surface area contributed by atoms with E-state index in [1.54, 1.807) is 0 Å². The minimum Gasteiger partial charge on any atom is -0.469 e. The lowest BCUT2D eigenvalue weighted by atomic mass is 9.93. The zero-order chi connectivity index (χ0) is 11.8. The highest BCUT2D eigenvalue weighted by atomic mass is 16.5. The first-order valence-electron chi connectivity index (χ1n) is 5.67. The Balaban J connectivity index is 3.63. The van der Waals surface area contributed by atoms with Crippen LogP contribution in [0.2, 0.25) is 0 Å². The minimum atomic E-state index is -0.0953. The standard InChI is InChI=1S/C12H25NO2/c1-10(6-7-12(14)15-5)8-11(2)9-13(3)4/h10-11H,6-9H2,1-5H3. The van der Waals surface area contributed by atoms with E-state index in [2.05, 4.69) is 37.6 Å². The number of ether oxygens (including phenoxy) is 1. The number of hydrogen-bond acceptors (Lipinski definition) is 3. The van der Waals surface area contributed by atoms with Crippen molar-refractivity contribution in [2.75, 3.05) is 27.7 Å². The van der Waals surface area contributed by atoms with Crippen molar-refractivity contribution in [3.05, 3.63) is 0 Å². The molecule has 90 valence electrons. The van der Waals surface area contributed by atoms with E-state index in [4.69, 9.17) is 0 Å². The van der Waals surface area contributed by atoms with Gasteiger partial charge in [0.2, 0.25) is 0 Å². The molecule has 0 aromatic heterocycles. The van der Waals surface area contributed by atoms with Crippen LogP contribution in [-0.2, 0) is 9.53 Å². The summed E-state index contributed by atoms with van der Waals surface area (Å²) in [6.45, 7) is 5.58. The van der Waals surface area contributed by atoms with E-state index in [-0.39, 0.29) is 5.97 Å². The van der Waals surface area contributed by atoms with Crippen molar-refractivity contribution >= 4 is 5.97 Å². The van der Waals surface area contributed by atoms with Gasteiger partial charge in [0, 0.05) is 13.0 Å². The maximum absolute atomic E-state index is 10.9. The average Bonchev–Trinajstić information content (AvgIpc) is 2.12. The maximum atomic E-state index is 10.9. The van der Waals surface area contributed by atoms with Crippen LogP contribution in [0.5, 0.6) is 0 Å². The molecule has 0 rings (SSSR count). The molecule has 2 unspecified atom stereocenters. The van der Waals surface area contributed by atoms with Crippen LogP contribution < -0.4 is 0 Å². The monoisotopic (exact) mass is 215 g/mol. The van der Waals surface area contributed by atoms with E-state index < -0.39 is 0 Å². The van der Waals surface area contributed by atoms with Crippen molar-refractivity contribution in [2.45, 2.75) is 33.1 Å². The fourth-order valence-corrected chi connectivity index (χ4v) is 1.97. The third-order valence-corrected chi connectivity index (χ3v) is 2.55. The van der Waals surface area contributed by atoms with E-state index in [1.165, 1.54) is 13.5 Å². The Hall–Kier alpha value is -0.570. The number of rotatable bonds is 7. The molecule has 0 radical (unpaired) electrons. The zero-order valence-electron chi connectivity index (χ0n) is 10.7. The van der Waals surface area contributed by atoms with E-state index in [9.17, 15) is 4.79 Å². The number of esters is 1. The molecule has 0 amide bonds. The molecule has 0 aliphatic rings. The molecular weight excluding hydrogens is 190 g/mol. The molecule has 0 saturated heterocycles. The van der Waals surface area contributed by atoms with Crippen molar-refractivity contribution in [3.8, 4) is 0 Å². The Kier molecular flexibility index (Phi) is 7.39. The lowest BCUT2D eigenvalue weighted by Gasteiger charge is -2.20. The van der Waals surface area contributed by atoms with Crippen LogP contribution in [0.1, 0.15) is 33.1 Å². The van der Waals surface area contributed by atoms with Gasteiger partial charge in [0.15, 0.2) is 0 Å². The predicted molar refractivity (Wildman–Crippen MR) is 62.7 cm³/mol. The number of methoxy groups -OCH3 is 1. The molecule has 0 aliphatic carbocycles. The number of nitrogens with zero attached hydrogens (tertiary/aromatic N) is 1. The van der Waals surface area contributed by atoms with E-state index in [1.807, 2.05) is 0 Å². The van der Waals surface area contributed by atoms with Crippen LogP contribution in [-0.4, -0.2) is 38.6 Å². The summed E-state index contributed by atoms with van der Waals surface area (Å²) >= 11 is 0. The molecule has 0 saturated carbocycles. The van der Waals surface area contributed by atoms with E-state index in [0.717, 1.165) is 13.0 Å². The molecule has 0 aliphatic heterocycles. The second-order valence-corrected chi connectivity index (χ2v) is 4.82. The lowest BCUT2D eigenvalue weighted by molar-refractivity contribution is -0.140. The van der Waals surface area contributed by atoms with Crippen LogP contribution >= 0.6 is 0 Å². The molecule has 0 spiro atoms. The molecule has 0 bridgehead atoms. The quantitative estimate of drug-likeness (QED) is 0.610. The smallest absolute Gasteiger partial charge is 0.305 e. The Morgan fingerprint density at radius 2 is 1.87 bits per heavy atom. The van der Waals surface area contributed by atoms with Crippen molar-refractivity contribution in [1.29, 1.82) is 0 Å². The van der Waals surface area contributed by atoms with E-state index >= 15 is 0 Å².